The molecule has 0 aliphatic heterocycles. The normalized spacial score (nSPS) is 14.3. The van der Waals surface area contributed by atoms with Gasteiger partial charge in [-0.2, -0.15) is 0 Å². The molecule has 0 amide bonds. The predicted octanol–water partition coefficient (Wildman–Crippen LogP) is 5.93. The minimum Gasteiger partial charge on any atom is -0.417 e. The topological polar surface area (TPSA) is 35.5 Å². The standard InChI is InChI=1S/C27H42O3Si2/c1-22(28)25(20-21-29-31(8,9)26(2,3)4)30-32(27(5,6)7,23-16-12-10-13-17-23)24-18-14-11-15-19-24/h10-19,25H,20-21H2,1-9H3/t25-/m0/s1. The average Bonchev–Trinajstić information content (AvgIpc) is 2.70. The summed E-state index contributed by atoms with van der Waals surface area (Å²) < 4.78 is 13.5. The van der Waals surface area contributed by atoms with Crippen LogP contribution >= 0.6 is 0 Å². The van der Waals surface area contributed by atoms with Crippen LogP contribution in [0.25, 0.3) is 0 Å². The molecule has 0 aliphatic rings. The molecular formula is C27H42O3Si2. The van der Waals surface area contributed by atoms with Gasteiger partial charge in [0.15, 0.2) is 14.1 Å². The quantitative estimate of drug-likeness (QED) is 0.426. The van der Waals surface area contributed by atoms with Gasteiger partial charge in [0.2, 0.25) is 0 Å². The van der Waals surface area contributed by atoms with Gasteiger partial charge in [-0.1, -0.05) is 102 Å². The molecule has 0 aromatic heterocycles. The van der Waals surface area contributed by atoms with Crippen molar-refractivity contribution in [2.24, 2.45) is 0 Å². The third-order valence-electron chi connectivity index (χ3n) is 6.84. The fourth-order valence-electron chi connectivity index (χ4n) is 3.89. The van der Waals surface area contributed by atoms with Gasteiger partial charge in [-0.05, 0) is 40.5 Å². The zero-order chi connectivity index (χ0) is 24.2. The SMILES string of the molecule is CC(=O)[C@H](CCO[Si](C)(C)C(C)(C)C)O[Si](c1ccccc1)(c1ccccc1)C(C)(C)C. The van der Waals surface area contributed by atoms with E-state index in [-0.39, 0.29) is 15.9 Å². The van der Waals surface area contributed by atoms with E-state index in [2.05, 4.69) is 103 Å². The van der Waals surface area contributed by atoms with Crippen molar-refractivity contribution >= 4 is 32.8 Å². The van der Waals surface area contributed by atoms with Crippen LogP contribution in [-0.4, -0.2) is 35.1 Å². The van der Waals surface area contributed by atoms with Crippen molar-refractivity contribution in [2.75, 3.05) is 6.61 Å². The van der Waals surface area contributed by atoms with E-state index >= 15 is 0 Å². The molecule has 0 bridgehead atoms. The minimum absolute atomic E-state index is 0.0665. The summed E-state index contributed by atoms with van der Waals surface area (Å²) in [5.74, 6) is 0.0665. The van der Waals surface area contributed by atoms with Gasteiger partial charge in [-0.25, -0.2) is 0 Å². The average molecular weight is 471 g/mol. The molecule has 0 N–H and O–H groups in total. The molecule has 0 heterocycles. The molecule has 176 valence electrons. The van der Waals surface area contributed by atoms with Crippen LogP contribution in [0.2, 0.25) is 23.2 Å². The Hall–Kier alpha value is -1.54. The first-order valence-corrected chi connectivity index (χ1v) is 16.5. The molecule has 1 atom stereocenters. The Balaban J connectivity index is 2.46. The van der Waals surface area contributed by atoms with E-state index in [0.29, 0.717) is 13.0 Å². The summed E-state index contributed by atoms with van der Waals surface area (Å²) in [6, 6.07) is 21.0. The summed E-state index contributed by atoms with van der Waals surface area (Å²) in [4.78, 5) is 12.8. The van der Waals surface area contributed by atoms with Crippen molar-refractivity contribution in [2.45, 2.75) is 84.2 Å². The molecule has 0 radical (unpaired) electrons. The smallest absolute Gasteiger partial charge is 0.262 e. The Morgan fingerprint density at radius 1 is 0.812 bits per heavy atom. The lowest BCUT2D eigenvalue weighted by atomic mass is 10.2. The van der Waals surface area contributed by atoms with Gasteiger partial charge in [0.05, 0.1) is 0 Å². The maximum absolute atomic E-state index is 12.8. The highest BCUT2D eigenvalue weighted by Gasteiger charge is 2.52. The number of rotatable bonds is 9. The lowest BCUT2D eigenvalue weighted by molar-refractivity contribution is -0.124. The lowest BCUT2D eigenvalue weighted by Gasteiger charge is -2.45. The highest BCUT2D eigenvalue weighted by Crippen LogP contribution is 2.39. The number of carbonyl (C=O) groups is 1. The first-order valence-electron chi connectivity index (χ1n) is 11.7. The first-order chi connectivity index (χ1) is 14.7. The highest BCUT2D eigenvalue weighted by molar-refractivity contribution is 6.99. The molecule has 2 rings (SSSR count). The van der Waals surface area contributed by atoms with Gasteiger partial charge < -0.3 is 8.85 Å². The zero-order valence-corrected chi connectivity index (χ0v) is 23.5. The molecule has 32 heavy (non-hydrogen) atoms. The van der Waals surface area contributed by atoms with E-state index in [1.807, 2.05) is 12.1 Å². The summed E-state index contributed by atoms with van der Waals surface area (Å²) in [6.45, 7) is 20.1. The molecule has 0 unspecified atom stereocenters. The fraction of sp³-hybridized carbons (Fsp3) is 0.519. The van der Waals surface area contributed by atoms with Crippen LogP contribution in [0, 0.1) is 0 Å². The van der Waals surface area contributed by atoms with Gasteiger partial charge in [-0.3, -0.25) is 4.79 Å². The second-order valence-electron chi connectivity index (χ2n) is 11.3. The second kappa shape index (κ2) is 10.2. The molecule has 2 aromatic rings. The zero-order valence-electron chi connectivity index (χ0n) is 21.5. The number of hydrogen-bond acceptors (Lipinski definition) is 3. The summed E-state index contributed by atoms with van der Waals surface area (Å²) >= 11 is 0. The molecule has 2 aromatic carbocycles. The maximum atomic E-state index is 12.8. The molecule has 0 saturated heterocycles. The van der Waals surface area contributed by atoms with E-state index in [1.54, 1.807) is 6.92 Å². The molecule has 0 saturated carbocycles. The molecule has 0 spiro atoms. The molecule has 5 heteroatoms. The molecule has 0 aliphatic carbocycles. The number of benzene rings is 2. The Morgan fingerprint density at radius 2 is 1.25 bits per heavy atom. The van der Waals surface area contributed by atoms with Gasteiger partial charge in [0, 0.05) is 13.0 Å². The molecule has 0 fully saturated rings. The van der Waals surface area contributed by atoms with Crippen LogP contribution in [-0.2, 0) is 13.6 Å². The second-order valence-corrected chi connectivity index (χ2v) is 20.3. The third kappa shape index (κ3) is 5.87. The van der Waals surface area contributed by atoms with E-state index in [0.717, 1.165) is 0 Å². The largest absolute Gasteiger partial charge is 0.417 e. The van der Waals surface area contributed by atoms with Crippen molar-refractivity contribution in [1.82, 2.24) is 0 Å². The van der Waals surface area contributed by atoms with Crippen LogP contribution in [0.1, 0.15) is 54.9 Å². The number of hydrogen-bond donors (Lipinski definition) is 0. The van der Waals surface area contributed by atoms with Gasteiger partial charge in [0.25, 0.3) is 8.32 Å². The van der Waals surface area contributed by atoms with Crippen LogP contribution in [0.4, 0.5) is 0 Å². The van der Waals surface area contributed by atoms with Gasteiger partial charge in [-0.15, -0.1) is 0 Å². The van der Waals surface area contributed by atoms with Crippen molar-refractivity contribution < 1.29 is 13.6 Å². The van der Waals surface area contributed by atoms with Crippen LogP contribution in [0.15, 0.2) is 60.7 Å². The number of ketones is 1. The van der Waals surface area contributed by atoms with E-state index in [1.165, 1.54) is 10.4 Å². The van der Waals surface area contributed by atoms with Crippen molar-refractivity contribution in [3.63, 3.8) is 0 Å². The summed E-state index contributed by atoms with van der Waals surface area (Å²) in [7, 11) is -4.66. The van der Waals surface area contributed by atoms with E-state index in [4.69, 9.17) is 8.85 Å². The van der Waals surface area contributed by atoms with Gasteiger partial charge in [0.1, 0.15) is 6.10 Å². The summed E-state index contributed by atoms with van der Waals surface area (Å²) in [5.41, 5.74) is 0. The summed E-state index contributed by atoms with van der Waals surface area (Å²) in [5, 5.41) is 2.35. The number of Topliss-reactive ketones (excluding diaryl/α,β-unsaturated/α-hetero) is 1. The number of carbonyl (C=O) groups excluding carboxylic acids is 1. The maximum Gasteiger partial charge on any atom is 0.262 e. The Morgan fingerprint density at radius 3 is 1.59 bits per heavy atom. The molecule has 3 nitrogen and oxygen atoms in total. The Bertz CT molecular complexity index is 826. The third-order valence-corrected chi connectivity index (χ3v) is 16.4. The van der Waals surface area contributed by atoms with Crippen LogP contribution in [0.5, 0.6) is 0 Å². The van der Waals surface area contributed by atoms with Crippen LogP contribution in [0.3, 0.4) is 0 Å². The van der Waals surface area contributed by atoms with E-state index < -0.39 is 22.7 Å². The summed E-state index contributed by atoms with van der Waals surface area (Å²) in [6.07, 6.45) is 0.0814. The van der Waals surface area contributed by atoms with Gasteiger partial charge >= 0.3 is 0 Å². The Kier molecular flexibility index (Phi) is 8.48. The predicted molar refractivity (Wildman–Crippen MR) is 141 cm³/mol. The first kappa shape index (κ1) is 26.7. The van der Waals surface area contributed by atoms with Crippen LogP contribution < -0.4 is 10.4 Å². The highest BCUT2D eigenvalue weighted by atomic mass is 28.4. The Labute approximate surface area is 197 Å². The lowest BCUT2D eigenvalue weighted by Crippen LogP contribution is -2.68. The van der Waals surface area contributed by atoms with Crippen molar-refractivity contribution in [1.29, 1.82) is 0 Å². The monoisotopic (exact) mass is 470 g/mol. The van der Waals surface area contributed by atoms with Crippen molar-refractivity contribution in [3.8, 4) is 0 Å². The molecular weight excluding hydrogens is 428 g/mol. The van der Waals surface area contributed by atoms with Crippen molar-refractivity contribution in [3.05, 3.63) is 60.7 Å². The fourth-order valence-corrected chi connectivity index (χ4v) is 9.67. The minimum atomic E-state index is -2.77. The van der Waals surface area contributed by atoms with E-state index in [9.17, 15) is 4.79 Å².